The zero-order chi connectivity index (χ0) is 14.7. The van der Waals surface area contributed by atoms with Crippen molar-refractivity contribution in [1.29, 1.82) is 0 Å². The molecule has 4 nitrogen and oxygen atoms in total. The van der Waals surface area contributed by atoms with E-state index in [1.165, 1.54) is 6.07 Å². The van der Waals surface area contributed by atoms with Crippen LogP contribution in [-0.2, 0) is 19.9 Å². The Hall–Kier alpha value is -1.72. The van der Waals surface area contributed by atoms with E-state index >= 15 is 0 Å². The monoisotopic (exact) mass is 276 g/mol. The Morgan fingerprint density at radius 1 is 1.40 bits per heavy atom. The molecule has 0 aliphatic carbocycles. The van der Waals surface area contributed by atoms with Gasteiger partial charge in [-0.25, -0.2) is 4.39 Å². The summed E-state index contributed by atoms with van der Waals surface area (Å²) in [5, 5.41) is 4.43. The average molecular weight is 276 g/mol. The Morgan fingerprint density at radius 2 is 2.15 bits per heavy atom. The van der Waals surface area contributed by atoms with E-state index < -0.39 is 0 Å². The third-order valence-corrected chi connectivity index (χ3v) is 3.62. The highest BCUT2D eigenvalue weighted by Gasteiger charge is 2.17. The molecule has 1 unspecified atom stereocenters. The summed E-state index contributed by atoms with van der Waals surface area (Å²) in [4.78, 5) is 0. The van der Waals surface area contributed by atoms with Crippen LogP contribution >= 0.6 is 0 Å². The van der Waals surface area contributed by atoms with Crippen molar-refractivity contribution in [3.63, 3.8) is 0 Å². The van der Waals surface area contributed by atoms with Gasteiger partial charge in [0.15, 0.2) is 0 Å². The van der Waals surface area contributed by atoms with Gasteiger partial charge in [0, 0.05) is 7.05 Å². The number of benzene rings is 1. The summed E-state index contributed by atoms with van der Waals surface area (Å²) in [7, 11) is 1.90. The summed E-state index contributed by atoms with van der Waals surface area (Å²) in [5.74, 6) is 5.45. The minimum atomic E-state index is -0.222. The van der Waals surface area contributed by atoms with Crippen molar-refractivity contribution in [3.8, 4) is 0 Å². The summed E-state index contributed by atoms with van der Waals surface area (Å²) >= 11 is 0. The Labute approximate surface area is 118 Å². The van der Waals surface area contributed by atoms with Crippen molar-refractivity contribution in [3.05, 3.63) is 52.6 Å². The fourth-order valence-electron chi connectivity index (χ4n) is 2.37. The second kappa shape index (κ2) is 6.15. The van der Waals surface area contributed by atoms with Crippen molar-refractivity contribution in [2.45, 2.75) is 32.7 Å². The summed E-state index contributed by atoms with van der Waals surface area (Å²) in [6, 6.07) is 6.78. The summed E-state index contributed by atoms with van der Waals surface area (Å²) < 4.78 is 15.2. The SMILES string of the molecule is CCc1cc(C(Cc2cc(F)ccc2C)NN)n(C)n1. The van der Waals surface area contributed by atoms with Gasteiger partial charge in [-0.15, -0.1) is 0 Å². The maximum atomic E-state index is 13.4. The molecule has 0 saturated carbocycles. The molecule has 0 bridgehead atoms. The van der Waals surface area contributed by atoms with Gasteiger partial charge in [0.25, 0.3) is 0 Å². The fourth-order valence-corrected chi connectivity index (χ4v) is 2.37. The van der Waals surface area contributed by atoms with Gasteiger partial charge < -0.3 is 0 Å². The van der Waals surface area contributed by atoms with Crippen LogP contribution in [0.15, 0.2) is 24.3 Å². The molecule has 1 atom stereocenters. The highest BCUT2D eigenvalue weighted by atomic mass is 19.1. The molecule has 1 heterocycles. The average Bonchev–Trinajstić information content (AvgIpc) is 2.81. The Kier molecular flexibility index (Phi) is 4.52. The number of aryl methyl sites for hydroxylation is 3. The molecule has 2 aromatic rings. The number of hydrazine groups is 1. The Balaban J connectivity index is 2.28. The Morgan fingerprint density at radius 3 is 2.75 bits per heavy atom. The van der Waals surface area contributed by atoms with Crippen LogP contribution in [0.2, 0.25) is 0 Å². The number of nitrogens with two attached hydrogens (primary N) is 1. The fraction of sp³-hybridized carbons (Fsp3) is 0.400. The topological polar surface area (TPSA) is 55.9 Å². The first kappa shape index (κ1) is 14.7. The largest absolute Gasteiger partial charge is 0.271 e. The van der Waals surface area contributed by atoms with Crippen molar-refractivity contribution >= 4 is 0 Å². The Bertz CT molecular complexity index is 592. The molecule has 1 aromatic carbocycles. The third kappa shape index (κ3) is 3.05. The molecule has 1 aromatic heterocycles. The van der Waals surface area contributed by atoms with E-state index in [9.17, 15) is 4.39 Å². The highest BCUT2D eigenvalue weighted by Crippen LogP contribution is 2.21. The van der Waals surface area contributed by atoms with E-state index in [2.05, 4.69) is 17.4 Å². The van der Waals surface area contributed by atoms with E-state index in [4.69, 9.17) is 5.84 Å². The highest BCUT2D eigenvalue weighted by molar-refractivity contribution is 5.29. The number of nitrogens with zero attached hydrogens (tertiary/aromatic N) is 2. The number of halogens is 1. The second-order valence-corrected chi connectivity index (χ2v) is 5.03. The normalized spacial score (nSPS) is 12.7. The number of aromatic nitrogens is 2. The number of nitrogens with one attached hydrogen (secondary N) is 1. The number of rotatable bonds is 5. The van der Waals surface area contributed by atoms with Crippen molar-refractivity contribution in [2.24, 2.45) is 12.9 Å². The standard InChI is InChI=1S/C15H21FN4/c1-4-13-9-15(20(3)19-13)14(18-17)8-11-7-12(16)6-5-10(11)2/h5-7,9,14,18H,4,8,17H2,1-3H3. The summed E-state index contributed by atoms with van der Waals surface area (Å²) in [6.07, 6.45) is 1.51. The molecule has 0 amide bonds. The molecule has 5 heteroatoms. The maximum Gasteiger partial charge on any atom is 0.123 e. The van der Waals surface area contributed by atoms with Gasteiger partial charge in [0.05, 0.1) is 17.4 Å². The molecule has 108 valence electrons. The molecule has 0 spiro atoms. The smallest absolute Gasteiger partial charge is 0.123 e. The summed E-state index contributed by atoms with van der Waals surface area (Å²) in [6.45, 7) is 4.04. The zero-order valence-corrected chi connectivity index (χ0v) is 12.2. The minimum absolute atomic E-state index is 0.0895. The van der Waals surface area contributed by atoms with Crippen LogP contribution in [0.3, 0.4) is 0 Å². The van der Waals surface area contributed by atoms with Crippen LogP contribution in [0.5, 0.6) is 0 Å². The number of hydrogen-bond acceptors (Lipinski definition) is 3. The molecule has 0 fully saturated rings. The lowest BCUT2D eigenvalue weighted by molar-refractivity contribution is 0.505. The predicted molar refractivity (Wildman–Crippen MR) is 77.5 cm³/mol. The van der Waals surface area contributed by atoms with Gasteiger partial charge in [-0.1, -0.05) is 13.0 Å². The molecular formula is C15H21FN4. The van der Waals surface area contributed by atoms with E-state index in [0.29, 0.717) is 6.42 Å². The van der Waals surface area contributed by atoms with Gasteiger partial charge in [0.2, 0.25) is 0 Å². The van der Waals surface area contributed by atoms with Gasteiger partial charge >= 0.3 is 0 Å². The molecule has 0 saturated heterocycles. The molecule has 3 N–H and O–H groups in total. The van der Waals surface area contributed by atoms with E-state index in [0.717, 1.165) is 28.9 Å². The van der Waals surface area contributed by atoms with E-state index in [-0.39, 0.29) is 11.9 Å². The van der Waals surface area contributed by atoms with Crippen LogP contribution in [-0.4, -0.2) is 9.78 Å². The van der Waals surface area contributed by atoms with Crippen LogP contribution in [0.4, 0.5) is 4.39 Å². The lowest BCUT2D eigenvalue weighted by Crippen LogP contribution is -2.31. The molecule has 0 aliphatic rings. The molecular weight excluding hydrogens is 255 g/mol. The molecule has 0 radical (unpaired) electrons. The second-order valence-electron chi connectivity index (χ2n) is 5.03. The first-order chi connectivity index (χ1) is 9.55. The lowest BCUT2D eigenvalue weighted by Gasteiger charge is -2.17. The van der Waals surface area contributed by atoms with Crippen LogP contribution in [0.1, 0.15) is 35.5 Å². The van der Waals surface area contributed by atoms with Crippen LogP contribution in [0.25, 0.3) is 0 Å². The minimum Gasteiger partial charge on any atom is -0.271 e. The molecule has 20 heavy (non-hydrogen) atoms. The van der Waals surface area contributed by atoms with Crippen LogP contribution < -0.4 is 11.3 Å². The van der Waals surface area contributed by atoms with Crippen LogP contribution in [0, 0.1) is 12.7 Å². The van der Waals surface area contributed by atoms with Gasteiger partial charge in [-0.2, -0.15) is 5.10 Å². The first-order valence-electron chi connectivity index (χ1n) is 6.79. The molecule has 2 rings (SSSR count). The quantitative estimate of drug-likeness (QED) is 0.650. The van der Waals surface area contributed by atoms with Gasteiger partial charge in [-0.3, -0.25) is 16.0 Å². The van der Waals surface area contributed by atoms with Crippen molar-refractivity contribution < 1.29 is 4.39 Å². The van der Waals surface area contributed by atoms with Crippen molar-refractivity contribution in [1.82, 2.24) is 15.2 Å². The van der Waals surface area contributed by atoms with Gasteiger partial charge in [-0.05, 0) is 49.1 Å². The predicted octanol–water partition coefficient (Wildman–Crippen LogP) is 2.18. The zero-order valence-electron chi connectivity index (χ0n) is 12.2. The van der Waals surface area contributed by atoms with Crippen molar-refractivity contribution in [2.75, 3.05) is 0 Å². The molecule has 0 aliphatic heterocycles. The maximum absolute atomic E-state index is 13.4. The van der Waals surface area contributed by atoms with Gasteiger partial charge in [0.1, 0.15) is 5.82 Å². The first-order valence-corrected chi connectivity index (χ1v) is 6.79. The van der Waals surface area contributed by atoms with E-state index in [1.54, 1.807) is 12.1 Å². The lowest BCUT2D eigenvalue weighted by atomic mass is 9.99. The summed E-state index contributed by atoms with van der Waals surface area (Å²) in [5.41, 5.74) is 6.85. The number of hydrogen-bond donors (Lipinski definition) is 2. The third-order valence-electron chi connectivity index (χ3n) is 3.62. The van der Waals surface area contributed by atoms with E-state index in [1.807, 2.05) is 24.7 Å².